The average Bonchev–Trinajstić information content (AvgIpc) is 1.82. The third-order valence-corrected chi connectivity index (χ3v) is 2.67. The van der Waals surface area contributed by atoms with E-state index in [1.165, 1.54) is 3.93 Å². The molecule has 0 aromatic rings. The Bertz CT molecular complexity index is 203. The van der Waals surface area contributed by atoms with Gasteiger partial charge < -0.3 is 0 Å². The molecule has 1 rings (SSSR count). The zero-order valence-corrected chi connectivity index (χ0v) is 8.28. The molecule has 1 aliphatic heterocycles. The van der Waals surface area contributed by atoms with Gasteiger partial charge in [0.2, 0.25) is 16.2 Å². The van der Waals surface area contributed by atoms with Crippen molar-refractivity contribution in [3.05, 3.63) is 0 Å². The fourth-order valence-corrected chi connectivity index (χ4v) is 1.22. The van der Waals surface area contributed by atoms with E-state index in [4.69, 9.17) is 34.8 Å². The van der Waals surface area contributed by atoms with Crippen LogP contribution < -0.4 is 0 Å². The zero-order valence-electron chi connectivity index (χ0n) is 4.43. The lowest BCUT2D eigenvalue weighted by Gasteiger charge is -2.19. The number of nitrogens with zero attached hydrogens (tertiary/aromatic N) is 3. The highest BCUT2D eigenvalue weighted by atomic mass is 79.9. The smallest absolute Gasteiger partial charge is 0.223 e. The van der Waals surface area contributed by atoms with Crippen LogP contribution in [0, 0.1) is 0 Å². The van der Waals surface area contributed by atoms with Gasteiger partial charge in [0.1, 0.15) is 0 Å². The summed E-state index contributed by atoms with van der Waals surface area (Å²) >= 11 is 19.6. The van der Waals surface area contributed by atoms with Gasteiger partial charge >= 0.3 is 0 Å². The highest BCUT2D eigenvalue weighted by molar-refractivity contribution is 9.07. The number of halogens is 4. The van der Waals surface area contributed by atoms with Crippen LogP contribution in [0.1, 0.15) is 0 Å². The summed E-state index contributed by atoms with van der Waals surface area (Å²) in [5, 5.41) is 0.223. The molecule has 0 bridgehead atoms. The molecule has 56 valence electrons. The van der Waals surface area contributed by atoms with Crippen LogP contribution in [0.25, 0.3) is 0 Å². The molecule has 10 heavy (non-hydrogen) atoms. The fraction of sp³-hybridized carbons (Fsp3) is 0.333. The normalized spacial score (nSPS) is 26.0. The van der Waals surface area contributed by atoms with Gasteiger partial charge in [0.15, 0.2) is 0 Å². The van der Waals surface area contributed by atoms with Crippen LogP contribution in [0.5, 0.6) is 0 Å². The predicted molar refractivity (Wildman–Crippen MR) is 47.0 cm³/mol. The molecule has 0 N–H and O–H groups in total. The number of hydrogen-bond donors (Lipinski definition) is 0. The van der Waals surface area contributed by atoms with Gasteiger partial charge in [-0.1, -0.05) is 11.6 Å². The van der Waals surface area contributed by atoms with Crippen molar-refractivity contribution in [2.24, 2.45) is 9.98 Å². The van der Waals surface area contributed by atoms with Crippen molar-refractivity contribution in [3.8, 4) is 0 Å². The van der Waals surface area contributed by atoms with Crippen molar-refractivity contribution >= 4 is 61.5 Å². The number of rotatable bonds is 0. The first-order valence-corrected chi connectivity index (χ1v) is 4.08. The van der Waals surface area contributed by atoms with Crippen molar-refractivity contribution in [2.75, 3.05) is 0 Å². The van der Waals surface area contributed by atoms with E-state index < -0.39 is 5.62 Å². The van der Waals surface area contributed by atoms with E-state index in [9.17, 15) is 0 Å². The third-order valence-electron chi connectivity index (χ3n) is 0.761. The van der Waals surface area contributed by atoms with Gasteiger partial charge in [-0.15, -0.1) is 0 Å². The van der Waals surface area contributed by atoms with Gasteiger partial charge in [0, 0.05) is 0 Å². The first-order chi connectivity index (χ1) is 4.61. The number of hydrogen-bond acceptors (Lipinski definition) is 3. The fourth-order valence-electron chi connectivity index (χ4n) is 0.379. The van der Waals surface area contributed by atoms with Crippen LogP contribution >= 0.6 is 51.0 Å². The summed E-state index contributed by atoms with van der Waals surface area (Å²) in [5.41, 5.74) is -0.627. The SMILES string of the molecule is ClC1=NC(Cl)N(Br)C(Cl)=N1. The van der Waals surface area contributed by atoms with E-state index in [0.29, 0.717) is 0 Å². The molecule has 3 nitrogen and oxygen atoms in total. The Morgan fingerprint density at radius 1 is 1.50 bits per heavy atom. The lowest BCUT2D eigenvalue weighted by atomic mass is 10.9. The van der Waals surface area contributed by atoms with E-state index >= 15 is 0 Å². The van der Waals surface area contributed by atoms with Crippen molar-refractivity contribution in [1.82, 2.24) is 3.93 Å². The van der Waals surface area contributed by atoms with Crippen LogP contribution in [0.4, 0.5) is 0 Å². The van der Waals surface area contributed by atoms with Crippen LogP contribution in [-0.4, -0.2) is 20.1 Å². The van der Waals surface area contributed by atoms with E-state index in [2.05, 4.69) is 26.1 Å². The average molecular weight is 265 g/mol. The Hall–Kier alpha value is 0.490. The van der Waals surface area contributed by atoms with E-state index in [1.54, 1.807) is 0 Å². The van der Waals surface area contributed by atoms with Crippen molar-refractivity contribution in [1.29, 1.82) is 0 Å². The summed E-state index contributed by atoms with van der Waals surface area (Å²) in [5.74, 6) is 0. The molecule has 1 unspecified atom stereocenters. The molecule has 7 heteroatoms. The lowest BCUT2D eigenvalue weighted by Crippen LogP contribution is -2.27. The molecule has 1 atom stereocenters. The van der Waals surface area contributed by atoms with Crippen molar-refractivity contribution in [3.63, 3.8) is 0 Å². The predicted octanol–water partition coefficient (Wildman–Crippen LogP) is 2.32. The Labute approximate surface area is 81.0 Å². The number of amidine groups is 2. The third kappa shape index (κ3) is 1.75. The minimum Gasteiger partial charge on any atom is -0.245 e. The van der Waals surface area contributed by atoms with Crippen LogP contribution in [0.15, 0.2) is 9.98 Å². The van der Waals surface area contributed by atoms with Gasteiger partial charge in [-0.25, -0.2) is 8.92 Å². The van der Waals surface area contributed by atoms with E-state index in [0.717, 1.165) is 0 Å². The first kappa shape index (κ1) is 8.59. The second-order valence-corrected chi connectivity index (χ2v) is 3.23. The summed E-state index contributed by atoms with van der Waals surface area (Å²) < 4.78 is 1.31. The molecule has 1 aliphatic rings. The van der Waals surface area contributed by atoms with Crippen LogP contribution in [-0.2, 0) is 0 Å². The van der Waals surface area contributed by atoms with Gasteiger partial charge in [0.05, 0.1) is 16.1 Å². The van der Waals surface area contributed by atoms with E-state index in [1.807, 2.05) is 0 Å². The molecule has 0 aromatic heterocycles. The highest BCUT2D eigenvalue weighted by Gasteiger charge is 2.20. The second kappa shape index (κ2) is 3.26. The monoisotopic (exact) mass is 263 g/mol. The number of alkyl halides is 1. The Balaban J connectivity index is 2.85. The maximum Gasteiger partial charge on any atom is 0.223 e. The molecular weight excluding hydrogens is 264 g/mol. The minimum absolute atomic E-state index is 0.0562. The molecule has 0 aromatic carbocycles. The van der Waals surface area contributed by atoms with Crippen molar-refractivity contribution in [2.45, 2.75) is 5.62 Å². The van der Waals surface area contributed by atoms with E-state index in [-0.39, 0.29) is 10.6 Å². The Kier molecular flexibility index (Phi) is 2.80. The van der Waals surface area contributed by atoms with Gasteiger partial charge in [0.25, 0.3) is 0 Å². The molecule has 0 spiro atoms. The maximum atomic E-state index is 5.60. The summed E-state index contributed by atoms with van der Waals surface area (Å²) in [4.78, 5) is 7.27. The van der Waals surface area contributed by atoms with Gasteiger partial charge in [-0.2, -0.15) is 4.99 Å². The zero-order chi connectivity index (χ0) is 7.72. The number of aliphatic imine (C=N–C) groups is 2. The Morgan fingerprint density at radius 2 is 2.10 bits per heavy atom. The molecule has 0 radical (unpaired) electrons. The summed E-state index contributed by atoms with van der Waals surface area (Å²) in [6.45, 7) is 0. The molecule has 1 heterocycles. The minimum atomic E-state index is -0.627. The maximum absolute atomic E-state index is 5.60. The van der Waals surface area contributed by atoms with Crippen molar-refractivity contribution < 1.29 is 0 Å². The van der Waals surface area contributed by atoms with Crippen LogP contribution in [0.2, 0.25) is 0 Å². The molecule has 0 saturated carbocycles. The summed E-state index contributed by atoms with van der Waals surface area (Å²) in [6, 6.07) is 0. The van der Waals surface area contributed by atoms with Gasteiger partial charge in [-0.05, 0) is 23.2 Å². The summed E-state index contributed by atoms with van der Waals surface area (Å²) in [7, 11) is 0. The topological polar surface area (TPSA) is 28.0 Å². The standard InChI is InChI=1S/C3HBrCl3N3/c4-10-2(6)8-1(5)9-3(10)7/h2H. The quantitative estimate of drug-likeness (QED) is 0.375. The Morgan fingerprint density at radius 3 is 2.60 bits per heavy atom. The lowest BCUT2D eigenvalue weighted by molar-refractivity contribution is 0.654. The first-order valence-electron chi connectivity index (χ1n) is 2.18. The molecular formula is C3HBrCl3N3. The molecule has 0 fully saturated rings. The largest absolute Gasteiger partial charge is 0.245 e. The summed E-state index contributed by atoms with van der Waals surface area (Å²) in [6.07, 6.45) is 0. The van der Waals surface area contributed by atoms with Gasteiger partial charge in [-0.3, -0.25) is 0 Å². The van der Waals surface area contributed by atoms with Crippen LogP contribution in [0.3, 0.4) is 0 Å². The molecule has 0 saturated heterocycles. The highest BCUT2D eigenvalue weighted by Crippen LogP contribution is 2.19. The molecule has 0 amide bonds. The second-order valence-electron chi connectivity index (χ2n) is 1.40. The molecule has 0 aliphatic carbocycles.